The third kappa shape index (κ3) is 11.4. The van der Waals surface area contributed by atoms with Crippen LogP contribution in [0.1, 0.15) is 62.0 Å². The van der Waals surface area contributed by atoms with Gasteiger partial charge in [0.05, 0.1) is 18.6 Å². The molecule has 1 aromatic heterocycles. The van der Waals surface area contributed by atoms with Crippen molar-refractivity contribution in [2.45, 2.75) is 83.6 Å². The summed E-state index contributed by atoms with van der Waals surface area (Å²) in [5.41, 5.74) is 2.68. The fourth-order valence-corrected chi connectivity index (χ4v) is 6.86. The Bertz CT molecular complexity index is 1920. The van der Waals surface area contributed by atoms with E-state index in [0.29, 0.717) is 25.3 Å². The molecule has 6 N–H and O–H groups in total. The second-order valence-electron chi connectivity index (χ2n) is 14.4. The molecule has 0 bridgehead atoms. The predicted octanol–water partition coefficient (Wildman–Crippen LogP) is 3.25. The largest absolute Gasteiger partial charge is 0.493 e. The highest BCUT2D eigenvalue weighted by Gasteiger charge is 2.31. The minimum absolute atomic E-state index is 0.0927. The van der Waals surface area contributed by atoms with Crippen LogP contribution in [0.5, 0.6) is 5.75 Å². The monoisotopic (exact) mass is 751 g/mol. The highest BCUT2D eigenvalue weighted by atomic mass is 16.5. The maximum Gasteiger partial charge on any atom is 0.255 e. The van der Waals surface area contributed by atoms with Gasteiger partial charge in [-0.05, 0) is 63.4 Å². The molecule has 3 atom stereocenters. The van der Waals surface area contributed by atoms with E-state index in [4.69, 9.17) is 4.74 Å². The van der Waals surface area contributed by atoms with E-state index in [1.807, 2.05) is 54.6 Å². The number of para-hydroxylation sites is 2. The van der Waals surface area contributed by atoms with Crippen LogP contribution in [0.4, 0.5) is 0 Å². The summed E-state index contributed by atoms with van der Waals surface area (Å²) >= 11 is 0. The highest BCUT2D eigenvalue weighted by molar-refractivity contribution is 6.01. The van der Waals surface area contributed by atoms with Gasteiger partial charge in [0.25, 0.3) is 5.91 Å². The summed E-state index contributed by atoms with van der Waals surface area (Å²) in [4.78, 5) is 74.7. The molecule has 0 fully saturated rings. The molecule has 0 saturated heterocycles. The number of hydrogen-bond donors (Lipinski definition) is 6. The molecule has 13 nitrogen and oxygen atoms in total. The van der Waals surface area contributed by atoms with Gasteiger partial charge in [0.15, 0.2) is 0 Å². The quantitative estimate of drug-likeness (QED) is 0.144. The summed E-state index contributed by atoms with van der Waals surface area (Å²) < 4.78 is 5.96. The van der Waals surface area contributed by atoms with E-state index in [1.54, 1.807) is 30.5 Å². The first-order valence-corrected chi connectivity index (χ1v) is 19.0. The Hall–Kier alpha value is -5.69. The van der Waals surface area contributed by atoms with Gasteiger partial charge < -0.3 is 36.3 Å². The summed E-state index contributed by atoms with van der Waals surface area (Å²) in [5, 5.41) is 15.2. The third-order valence-corrected chi connectivity index (χ3v) is 9.68. The van der Waals surface area contributed by atoms with Gasteiger partial charge in [0, 0.05) is 61.7 Å². The smallest absolute Gasteiger partial charge is 0.255 e. The van der Waals surface area contributed by atoms with E-state index in [2.05, 4.69) is 64.2 Å². The standard InChI is InChI=1S/C42H53N7O6/c1-27(2)49(28(3)4)21-20-44-41(53)36-25-38(50)46-35(24-30-26-45-33-17-10-8-15-31(30)33)42(54)48-34(23-29-13-6-5-7-14-29)40(52)43-19-12-22-55-37-18-11-9-16-32(37)39(51)47-36/h5-11,13-18,26-28,34-36,45H,12,19-25H2,1-4H3,(H,43,52)(H,44,53)(H,46,50)(H,47,51)(H,48,54)/t34-,35-,36-/m0/s1. The summed E-state index contributed by atoms with van der Waals surface area (Å²) in [6, 6.07) is 20.8. The molecule has 0 unspecified atom stereocenters. The van der Waals surface area contributed by atoms with E-state index < -0.39 is 48.2 Å². The van der Waals surface area contributed by atoms with Crippen LogP contribution in [-0.4, -0.2) is 95.9 Å². The summed E-state index contributed by atoms with van der Waals surface area (Å²) in [6.45, 7) is 9.60. The number of nitrogens with one attached hydrogen (secondary N) is 6. The van der Waals surface area contributed by atoms with Crippen molar-refractivity contribution in [2.75, 3.05) is 26.2 Å². The van der Waals surface area contributed by atoms with Gasteiger partial charge in [-0.2, -0.15) is 0 Å². The van der Waals surface area contributed by atoms with Crippen LogP contribution in [0.3, 0.4) is 0 Å². The lowest BCUT2D eigenvalue weighted by Gasteiger charge is -2.30. The lowest BCUT2D eigenvalue weighted by atomic mass is 10.0. The molecule has 3 aromatic carbocycles. The maximum atomic E-state index is 14.2. The number of hydrogen-bond acceptors (Lipinski definition) is 7. The Balaban J connectivity index is 1.45. The molecule has 2 heterocycles. The Morgan fingerprint density at radius 1 is 0.818 bits per heavy atom. The van der Waals surface area contributed by atoms with Crippen molar-refractivity contribution in [2.24, 2.45) is 0 Å². The molecule has 0 aliphatic carbocycles. The summed E-state index contributed by atoms with van der Waals surface area (Å²) in [7, 11) is 0. The maximum absolute atomic E-state index is 14.2. The number of aromatic nitrogens is 1. The van der Waals surface area contributed by atoms with E-state index in [0.717, 1.165) is 22.0 Å². The lowest BCUT2D eigenvalue weighted by molar-refractivity contribution is -0.133. The van der Waals surface area contributed by atoms with Gasteiger partial charge in [-0.15, -0.1) is 0 Å². The number of carbonyl (C=O) groups is 5. The van der Waals surface area contributed by atoms with E-state index in [1.165, 1.54) is 0 Å². The number of H-pyrrole nitrogens is 1. The molecule has 1 aliphatic rings. The number of carbonyl (C=O) groups excluding carboxylic acids is 5. The van der Waals surface area contributed by atoms with Gasteiger partial charge in [-0.1, -0.05) is 60.7 Å². The average Bonchev–Trinajstić information content (AvgIpc) is 3.57. The molecule has 0 saturated carbocycles. The number of fused-ring (bicyclic) bond motifs is 2. The van der Waals surface area contributed by atoms with Crippen LogP contribution in [-0.2, 0) is 32.0 Å². The van der Waals surface area contributed by atoms with Gasteiger partial charge >= 0.3 is 0 Å². The van der Waals surface area contributed by atoms with E-state index >= 15 is 0 Å². The SMILES string of the molecule is CC(C)N(CCNC(=O)[C@@H]1CC(=O)N[C@@H](Cc2c[nH]c3ccccc23)C(=O)N[C@@H](Cc2ccccc2)C(=O)NCCCOc2ccccc2C(=O)N1)C(C)C. The molecular weight excluding hydrogens is 699 g/mol. The van der Waals surface area contributed by atoms with Gasteiger partial charge in [0.2, 0.25) is 23.6 Å². The number of nitrogens with zero attached hydrogens (tertiary/aromatic N) is 1. The van der Waals surface area contributed by atoms with Gasteiger partial charge in [0.1, 0.15) is 23.9 Å². The van der Waals surface area contributed by atoms with Crippen LogP contribution in [0.15, 0.2) is 85.1 Å². The fourth-order valence-electron chi connectivity index (χ4n) is 6.86. The van der Waals surface area contributed by atoms with Gasteiger partial charge in [-0.25, -0.2) is 0 Å². The molecule has 0 radical (unpaired) electrons. The Labute approximate surface area is 322 Å². The average molecular weight is 752 g/mol. The molecule has 55 heavy (non-hydrogen) atoms. The zero-order chi connectivity index (χ0) is 39.3. The Morgan fingerprint density at radius 3 is 2.27 bits per heavy atom. The van der Waals surface area contributed by atoms with Crippen molar-refractivity contribution in [1.82, 2.24) is 36.5 Å². The number of amides is 5. The second-order valence-corrected chi connectivity index (χ2v) is 14.4. The van der Waals surface area contributed by atoms with Crippen LogP contribution in [0.25, 0.3) is 10.9 Å². The summed E-state index contributed by atoms with van der Waals surface area (Å²) in [5.74, 6) is -2.43. The fraction of sp³-hybridized carbons (Fsp3) is 0.405. The molecule has 13 heteroatoms. The molecule has 4 aromatic rings. The number of rotatable bonds is 10. The van der Waals surface area contributed by atoms with Crippen molar-refractivity contribution in [1.29, 1.82) is 0 Å². The lowest BCUT2D eigenvalue weighted by Crippen LogP contribution is -2.56. The number of aromatic amines is 1. The number of ether oxygens (including phenoxy) is 1. The topological polar surface area (TPSA) is 174 Å². The minimum atomic E-state index is -1.28. The third-order valence-electron chi connectivity index (χ3n) is 9.68. The predicted molar refractivity (Wildman–Crippen MR) is 211 cm³/mol. The van der Waals surface area contributed by atoms with E-state index in [9.17, 15) is 24.0 Å². The van der Waals surface area contributed by atoms with Crippen molar-refractivity contribution in [3.63, 3.8) is 0 Å². The Morgan fingerprint density at radius 2 is 1.51 bits per heavy atom. The van der Waals surface area contributed by atoms with Crippen LogP contribution >= 0.6 is 0 Å². The zero-order valence-corrected chi connectivity index (χ0v) is 32.0. The molecule has 1 aliphatic heterocycles. The van der Waals surface area contributed by atoms with Crippen LogP contribution < -0.4 is 31.3 Å². The second kappa shape index (κ2) is 19.6. The van der Waals surface area contributed by atoms with Crippen molar-refractivity contribution >= 4 is 40.4 Å². The van der Waals surface area contributed by atoms with Crippen molar-refractivity contribution in [3.8, 4) is 5.75 Å². The first-order chi connectivity index (χ1) is 26.5. The molecule has 292 valence electrons. The van der Waals surface area contributed by atoms with Crippen molar-refractivity contribution < 1.29 is 28.7 Å². The van der Waals surface area contributed by atoms with Crippen LogP contribution in [0, 0.1) is 0 Å². The van der Waals surface area contributed by atoms with E-state index in [-0.39, 0.29) is 49.5 Å². The number of benzene rings is 3. The van der Waals surface area contributed by atoms with Gasteiger partial charge in [-0.3, -0.25) is 28.9 Å². The summed E-state index contributed by atoms with van der Waals surface area (Å²) in [6.07, 6.45) is 2.06. The van der Waals surface area contributed by atoms with Crippen molar-refractivity contribution in [3.05, 3.63) is 102 Å². The Kier molecular flexibility index (Phi) is 14.4. The molecule has 0 spiro atoms. The van der Waals surface area contributed by atoms with Crippen LogP contribution in [0.2, 0.25) is 0 Å². The normalized spacial score (nSPS) is 19.1. The first-order valence-electron chi connectivity index (χ1n) is 19.0. The zero-order valence-electron chi connectivity index (χ0n) is 32.0. The molecule has 5 rings (SSSR count). The highest BCUT2D eigenvalue weighted by Crippen LogP contribution is 2.21. The first kappa shape index (κ1) is 40.5. The molecule has 5 amide bonds. The molecular formula is C42H53N7O6. The minimum Gasteiger partial charge on any atom is -0.493 e.